The predicted molar refractivity (Wildman–Crippen MR) is 96.3 cm³/mol. The van der Waals surface area contributed by atoms with Crippen LogP contribution < -0.4 is 5.32 Å². The number of anilines is 1. The zero-order chi connectivity index (χ0) is 16.7. The lowest BCUT2D eigenvalue weighted by Gasteiger charge is -2.24. The largest absolute Gasteiger partial charge is 0.325 e. The van der Waals surface area contributed by atoms with E-state index in [1.807, 2.05) is 35.7 Å². The number of benzene rings is 2. The molecule has 0 unspecified atom stereocenters. The maximum absolute atomic E-state index is 13.6. The Hall–Kier alpha value is -2.17. The standard InChI is InChI=1S/C19H13ClFNOS/c20-13-5-1-3-11(7-13)15-9-17(23)22-18-16(10-24-19(15)18)12-4-2-6-14(21)8-12/h1-8,10,15H,9H2,(H,22,23)/t15-/m1/s1. The van der Waals surface area contributed by atoms with Gasteiger partial charge in [-0.3, -0.25) is 4.79 Å². The molecule has 1 N–H and O–H groups in total. The van der Waals surface area contributed by atoms with Gasteiger partial charge in [-0.05, 0) is 35.4 Å². The normalized spacial score (nSPS) is 16.6. The second-order valence-electron chi connectivity index (χ2n) is 5.76. The minimum absolute atomic E-state index is 0.0280. The summed E-state index contributed by atoms with van der Waals surface area (Å²) < 4.78 is 13.6. The Morgan fingerprint density at radius 3 is 2.79 bits per heavy atom. The first-order chi connectivity index (χ1) is 11.6. The number of hydrogen-bond acceptors (Lipinski definition) is 2. The molecule has 2 nitrogen and oxygen atoms in total. The summed E-state index contributed by atoms with van der Waals surface area (Å²) in [4.78, 5) is 13.3. The zero-order valence-electron chi connectivity index (χ0n) is 12.6. The quantitative estimate of drug-likeness (QED) is 0.628. The number of amides is 1. The molecular formula is C19H13ClFNOS. The molecule has 1 aliphatic heterocycles. The molecule has 1 atom stereocenters. The molecule has 0 fully saturated rings. The number of nitrogens with one attached hydrogen (secondary N) is 1. The van der Waals surface area contributed by atoms with Crippen molar-refractivity contribution in [2.24, 2.45) is 0 Å². The van der Waals surface area contributed by atoms with Crippen LogP contribution in [0.2, 0.25) is 5.02 Å². The van der Waals surface area contributed by atoms with Crippen molar-refractivity contribution in [2.75, 3.05) is 5.32 Å². The monoisotopic (exact) mass is 357 g/mol. The number of fused-ring (bicyclic) bond motifs is 1. The number of hydrogen-bond donors (Lipinski definition) is 1. The minimum atomic E-state index is -0.291. The van der Waals surface area contributed by atoms with Gasteiger partial charge >= 0.3 is 0 Å². The molecule has 3 aromatic rings. The molecule has 0 saturated carbocycles. The number of halogens is 2. The summed E-state index contributed by atoms with van der Waals surface area (Å²) in [5.74, 6) is -0.357. The molecule has 1 aliphatic rings. The number of carbonyl (C=O) groups excluding carboxylic acids is 1. The summed E-state index contributed by atoms with van der Waals surface area (Å²) in [5.41, 5.74) is 3.42. The summed E-state index contributed by atoms with van der Waals surface area (Å²) in [5, 5.41) is 5.59. The Bertz CT molecular complexity index is 937. The van der Waals surface area contributed by atoms with Crippen molar-refractivity contribution in [3.63, 3.8) is 0 Å². The smallest absolute Gasteiger partial charge is 0.225 e. The van der Waals surface area contributed by atoms with Gasteiger partial charge in [-0.25, -0.2) is 4.39 Å². The van der Waals surface area contributed by atoms with E-state index in [-0.39, 0.29) is 17.6 Å². The molecule has 2 aromatic carbocycles. The van der Waals surface area contributed by atoms with Gasteiger partial charge in [0, 0.05) is 33.2 Å². The van der Waals surface area contributed by atoms with Crippen LogP contribution in [0.4, 0.5) is 10.1 Å². The fourth-order valence-electron chi connectivity index (χ4n) is 3.09. The van der Waals surface area contributed by atoms with Crippen LogP contribution in [0, 0.1) is 5.82 Å². The summed E-state index contributed by atoms with van der Waals surface area (Å²) in [7, 11) is 0. The van der Waals surface area contributed by atoms with E-state index in [1.165, 1.54) is 12.1 Å². The van der Waals surface area contributed by atoms with Crippen LogP contribution in [0.5, 0.6) is 0 Å². The van der Waals surface area contributed by atoms with Gasteiger partial charge in [-0.15, -0.1) is 11.3 Å². The van der Waals surface area contributed by atoms with Crippen molar-refractivity contribution in [1.29, 1.82) is 0 Å². The average Bonchev–Trinajstić information content (AvgIpc) is 2.97. The van der Waals surface area contributed by atoms with Gasteiger partial charge in [-0.1, -0.05) is 35.9 Å². The van der Waals surface area contributed by atoms with Crippen LogP contribution in [0.25, 0.3) is 11.1 Å². The predicted octanol–water partition coefficient (Wildman–Crippen LogP) is 5.68. The van der Waals surface area contributed by atoms with E-state index in [0.29, 0.717) is 11.4 Å². The first kappa shape index (κ1) is 15.4. The van der Waals surface area contributed by atoms with Crippen LogP contribution in [-0.4, -0.2) is 5.91 Å². The Labute approximate surface area is 147 Å². The van der Waals surface area contributed by atoms with E-state index in [2.05, 4.69) is 5.32 Å². The average molecular weight is 358 g/mol. The first-order valence-electron chi connectivity index (χ1n) is 7.54. The van der Waals surface area contributed by atoms with Gasteiger partial charge in [0.2, 0.25) is 5.91 Å². The van der Waals surface area contributed by atoms with Gasteiger partial charge in [0.15, 0.2) is 0 Å². The Kier molecular flexibility index (Phi) is 3.87. The molecule has 24 heavy (non-hydrogen) atoms. The van der Waals surface area contributed by atoms with Crippen molar-refractivity contribution >= 4 is 34.5 Å². The molecule has 0 aliphatic carbocycles. The third kappa shape index (κ3) is 2.72. The number of thiophene rings is 1. The summed E-state index contributed by atoms with van der Waals surface area (Å²) in [6.45, 7) is 0. The molecule has 2 heterocycles. The van der Waals surface area contributed by atoms with Gasteiger partial charge in [-0.2, -0.15) is 0 Å². The van der Waals surface area contributed by atoms with E-state index < -0.39 is 0 Å². The second kappa shape index (κ2) is 6.04. The molecule has 0 radical (unpaired) electrons. The molecule has 120 valence electrons. The lowest BCUT2D eigenvalue weighted by molar-refractivity contribution is -0.116. The van der Waals surface area contributed by atoms with Crippen LogP contribution in [0.15, 0.2) is 53.9 Å². The molecule has 0 saturated heterocycles. The van der Waals surface area contributed by atoms with E-state index >= 15 is 0 Å². The third-order valence-corrected chi connectivity index (χ3v) is 5.51. The molecule has 0 spiro atoms. The van der Waals surface area contributed by atoms with E-state index in [0.717, 1.165) is 27.3 Å². The molecule has 1 amide bonds. The van der Waals surface area contributed by atoms with Crippen LogP contribution >= 0.6 is 22.9 Å². The van der Waals surface area contributed by atoms with Crippen molar-refractivity contribution in [2.45, 2.75) is 12.3 Å². The summed E-state index contributed by atoms with van der Waals surface area (Å²) in [6, 6.07) is 14.0. The molecule has 4 rings (SSSR count). The maximum atomic E-state index is 13.6. The van der Waals surface area contributed by atoms with Gasteiger partial charge in [0.05, 0.1) is 5.69 Å². The van der Waals surface area contributed by atoms with E-state index in [4.69, 9.17) is 11.6 Å². The Morgan fingerprint density at radius 2 is 2.00 bits per heavy atom. The highest BCUT2D eigenvalue weighted by atomic mass is 35.5. The Balaban J connectivity index is 1.83. The highest BCUT2D eigenvalue weighted by molar-refractivity contribution is 7.11. The molecule has 1 aromatic heterocycles. The van der Waals surface area contributed by atoms with Crippen molar-refractivity contribution < 1.29 is 9.18 Å². The zero-order valence-corrected chi connectivity index (χ0v) is 14.1. The van der Waals surface area contributed by atoms with Crippen molar-refractivity contribution in [1.82, 2.24) is 0 Å². The molecule has 0 bridgehead atoms. The topological polar surface area (TPSA) is 29.1 Å². The van der Waals surface area contributed by atoms with E-state index in [9.17, 15) is 9.18 Å². The van der Waals surface area contributed by atoms with Crippen LogP contribution in [0.1, 0.15) is 22.8 Å². The summed E-state index contributed by atoms with van der Waals surface area (Å²) in [6.07, 6.45) is 0.385. The highest BCUT2D eigenvalue weighted by Crippen LogP contribution is 2.46. The second-order valence-corrected chi connectivity index (χ2v) is 7.11. The first-order valence-corrected chi connectivity index (χ1v) is 8.80. The lowest BCUT2D eigenvalue weighted by Crippen LogP contribution is -2.22. The highest BCUT2D eigenvalue weighted by Gasteiger charge is 2.30. The lowest BCUT2D eigenvalue weighted by atomic mass is 9.89. The maximum Gasteiger partial charge on any atom is 0.225 e. The summed E-state index contributed by atoms with van der Waals surface area (Å²) >= 11 is 7.69. The Morgan fingerprint density at radius 1 is 1.17 bits per heavy atom. The van der Waals surface area contributed by atoms with Crippen molar-refractivity contribution in [3.8, 4) is 11.1 Å². The van der Waals surface area contributed by atoms with Crippen LogP contribution in [-0.2, 0) is 4.79 Å². The minimum Gasteiger partial charge on any atom is -0.325 e. The number of rotatable bonds is 2. The molecule has 5 heteroatoms. The van der Waals surface area contributed by atoms with Gasteiger partial charge < -0.3 is 5.32 Å². The third-order valence-electron chi connectivity index (χ3n) is 4.18. The van der Waals surface area contributed by atoms with E-state index in [1.54, 1.807) is 17.4 Å². The molecular weight excluding hydrogens is 345 g/mol. The van der Waals surface area contributed by atoms with Crippen LogP contribution in [0.3, 0.4) is 0 Å². The van der Waals surface area contributed by atoms with Gasteiger partial charge in [0.1, 0.15) is 5.82 Å². The number of carbonyl (C=O) groups is 1. The van der Waals surface area contributed by atoms with Gasteiger partial charge in [0.25, 0.3) is 0 Å². The fraction of sp³-hybridized carbons (Fsp3) is 0.105. The van der Waals surface area contributed by atoms with Crippen molar-refractivity contribution in [3.05, 3.63) is 75.2 Å². The fourth-order valence-corrected chi connectivity index (χ4v) is 4.45. The SMILES string of the molecule is O=C1C[C@H](c2cccc(Cl)c2)c2scc(-c3cccc(F)c3)c2N1.